The SMILES string of the molecule is CCCNc1nc(NCCC)nc(N(O)OC)n1. The van der Waals surface area contributed by atoms with Crippen molar-refractivity contribution in [3.63, 3.8) is 0 Å². The minimum absolute atomic E-state index is 0.0321. The zero-order valence-corrected chi connectivity index (χ0v) is 11.0. The topological polar surface area (TPSA) is 95.4 Å². The van der Waals surface area contributed by atoms with Crippen LogP contribution in [0, 0.1) is 0 Å². The van der Waals surface area contributed by atoms with Crippen LogP contribution >= 0.6 is 0 Å². The van der Waals surface area contributed by atoms with Gasteiger partial charge in [-0.05, 0) is 12.8 Å². The molecule has 0 aliphatic heterocycles. The first kappa shape index (κ1) is 14.4. The minimum Gasteiger partial charge on any atom is -0.354 e. The highest BCUT2D eigenvalue weighted by atomic mass is 16.9. The Hall–Kier alpha value is -1.67. The summed E-state index contributed by atoms with van der Waals surface area (Å²) in [6.45, 7) is 5.57. The van der Waals surface area contributed by atoms with Crippen LogP contribution in [0.2, 0.25) is 0 Å². The molecule has 0 aliphatic rings. The Morgan fingerprint density at radius 1 is 1.06 bits per heavy atom. The summed E-state index contributed by atoms with van der Waals surface area (Å²) >= 11 is 0. The van der Waals surface area contributed by atoms with Gasteiger partial charge in [0.2, 0.25) is 11.9 Å². The Balaban J connectivity index is 2.88. The molecule has 8 nitrogen and oxygen atoms in total. The lowest BCUT2D eigenvalue weighted by atomic mass is 10.5. The first-order valence-corrected chi connectivity index (χ1v) is 5.98. The Morgan fingerprint density at radius 3 is 1.94 bits per heavy atom. The van der Waals surface area contributed by atoms with Crippen LogP contribution < -0.4 is 15.9 Å². The number of nitrogens with zero attached hydrogens (tertiary/aromatic N) is 4. The van der Waals surface area contributed by atoms with Gasteiger partial charge in [-0.15, -0.1) is 0 Å². The molecule has 1 rings (SSSR count). The molecule has 1 aromatic heterocycles. The van der Waals surface area contributed by atoms with Crippen LogP contribution in [0.15, 0.2) is 0 Å². The van der Waals surface area contributed by atoms with E-state index in [2.05, 4.69) is 30.4 Å². The van der Waals surface area contributed by atoms with Gasteiger partial charge in [-0.3, -0.25) is 5.21 Å². The highest BCUT2D eigenvalue weighted by Crippen LogP contribution is 2.12. The van der Waals surface area contributed by atoms with Crippen molar-refractivity contribution in [2.24, 2.45) is 0 Å². The second-order valence-electron chi connectivity index (χ2n) is 3.59. The zero-order valence-electron chi connectivity index (χ0n) is 11.0. The van der Waals surface area contributed by atoms with Crippen molar-refractivity contribution in [3.05, 3.63) is 0 Å². The number of hydrogen-bond acceptors (Lipinski definition) is 8. The van der Waals surface area contributed by atoms with Crippen molar-refractivity contribution in [1.29, 1.82) is 0 Å². The van der Waals surface area contributed by atoms with E-state index < -0.39 is 0 Å². The van der Waals surface area contributed by atoms with Gasteiger partial charge in [0.05, 0.1) is 7.11 Å². The Kier molecular flexibility index (Phi) is 6.09. The molecule has 102 valence electrons. The van der Waals surface area contributed by atoms with E-state index in [-0.39, 0.29) is 5.95 Å². The average Bonchev–Trinajstić information content (AvgIpc) is 2.41. The first-order valence-electron chi connectivity index (χ1n) is 5.98. The average molecular weight is 256 g/mol. The summed E-state index contributed by atoms with van der Waals surface area (Å²) in [5, 5.41) is 16.0. The maximum Gasteiger partial charge on any atom is 0.284 e. The standard InChI is InChI=1S/C10H20N6O2/c1-4-6-11-8-13-9(12-7-5-2)15-10(14-8)16(17)18-3/h17H,4-7H2,1-3H3,(H2,11,12,13,14,15). The van der Waals surface area contributed by atoms with Gasteiger partial charge in [0.15, 0.2) is 0 Å². The highest BCUT2D eigenvalue weighted by Gasteiger charge is 2.11. The second kappa shape index (κ2) is 7.62. The van der Waals surface area contributed by atoms with Gasteiger partial charge in [0, 0.05) is 13.1 Å². The third kappa shape index (κ3) is 4.30. The Bertz CT molecular complexity index is 336. The van der Waals surface area contributed by atoms with E-state index in [9.17, 15) is 5.21 Å². The largest absolute Gasteiger partial charge is 0.354 e. The summed E-state index contributed by atoms with van der Waals surface area (Å²) in [6, 6.07) is 0. The molecule has 0 saturated heterocycles. The number of hydrogen-bond donors (Lipinski definition) is 3. The van der Waals surface area contributed by atoms with E-state index in [0.29, 0.717) is 17.1 Å². The lowest BCUT2D eigenvalue weighted by molar-refractivity contribution is -0.0152. The van der Waals surface area contributed by atoms with Crippen molar-refractivity contribution < 1.29 is 10.0 Å². The second-order valence-corrected chi connectivity index (χ2v) is 3.59. The Labute approximate surface area is 106 Å². The number of aromatic nitrogens is 3. The summed E-state index contributed by atoms with van der Waals surface area (Å²) in [5.74, 6) is 0.831. The normalized spacial score (nSPS) is 10.2. The highest BCUT2D eigenvalue weighted by molar-refractivity contribution is 5.41. The van der Waals surface area contributed by atoms with Gasteiger partial charge in [-0.2, -0.15) is 15.0 Å². The molecule has 1 aromatic rings. The summed E-state index contributed by atoms with van der Waals surface area (Å²) in [6.07, 6.45) is 1.90. The summed E-state index contributed by atoms with van der Waals surface area (Å²) in [4.78, 5) is 16.9. The predicted molar refractivity (Wildman–Crippen MR) is 68.7 cm³/mol. The lowest BCUT2D eigenvalue weighted by Crippen LogP contribution is -2.21. The number of anilines is 3. The molecule has 0 atom stereocenters. The van der Waals surface area contributed by atoms with E-state index >= 15 is 0 Å². The van der Waals surface area contributed by atoms with E-state index in [1.54, 1.807) is 0 Å². The summed E-state index contributed by atoms with van der Waals surface area (Å²) in [5.41, 5.74) is 0. The number of rotatable bonds is 8. The van der Waals surface area contributed by atoms with Crippen molar-refractivity contribution in [2.45, 2.75) is 26.7 Å². The molecule has 0 fully saturated rings. The molecule has 0 bridgehead atoms. The molecule has 8 heteroatoms. The van der Waals surface area contributed by atoms with Gasteiger partial charge < -0.3 is 10.6 Å². The lowest BCUT2D eigenvalue weighted by Gasteiger charge is -2.13. The molecular formula is C10H20N6O2. The van der Waals surface area contributed by atoms with Crippen LogP contribution in [0.5, 0.6) is 0 Å². The molecule has 1 heterocycles. The predicted octanol–water partition coefficient (Wildman–Crippen LogP) is 1.27. The fraction of sp³-hybridized carbons (Fsp3) is 0.700. The van der Waals surface area contributed by atoms with Crippen molar-refractivity contribution in [3.8, 4) is 0 Å². The molecule has 18 heavy (non-hydrogen) atoms. The monoisotopic (exact) mass is 256 g/mol. The van der Waals surface area contributed by atoms with Gasteiger partial charge in [0.1, 0.15) is 0 Å². The summed E-state index contributed by atoms with van der Waals surface area (Å²) < 4.78 is 0. The van der Waals surface area contributed by atoms with Crippen LogP contribution in [0.4, 0.5) is 17.8 Å². The third-order valence-electron chi connectivity index (χ3n) is 2.03. The van der Waals surface area contributed by atoms with E-state index in [0.717, 1.165) is 25.9 Å². The van der Waals surface area contributed by atoms with E-state index in [1.165, 1.54) is 7.11 Å². The maximum atomic E-state index is 9.43. The van der Waals surface area contributed by atoms with Crippen LogP contribution in [-0.4, -0.2) is 40.4 Å². The Morgan fingerprint density at radius 2 is 1.56 bits per heavy atom. The quantitative estimate of drug-likeness (QED) is 0.598. The number of nitrogens with one attached hydrogen (secondary N) is 2. The van der Waals surface area contributed by atoms with Crippen LogP contribution in [0.1, 0.15) is 26.7 Å². The van der Waals surface area contributed by atoms with Gasteiger partial charge in [-0.1, -0.05) is 19.1 Å². The van der Waals surface area contributed by atoms with Crippen LogP contribution in [-0.2, 0) is 4.84 Å². The fourth-order valence-electron chi connectivity index (χ4n) is 1.16. The van der Waals surface area contributed by atoms with Crippen molar-refractivity contribution in [2.75, 3.05) is 36.1 Å². The molecule has 0 amide bonds. The first-order chi connectivity index (χ1) is 8.71. The van der Waals surface area contributed by atoms with E-state index in [4.69, 9.17) is 0 Å². The zero-order chi connectivity index (χ0) is 13.4. The molecule has 0 aromatic carbocycles. The minimum atomic E-state index is 0.0321. The van der Waals surface area contributed by atoms with Gasteiger partial charge in [-0.25, -0.2) is 4.84 Å². The van der Waals surface area contributed by atoms with E-state index in [1.807, 2.05) is 13.8 Å². The van der Waals surface area contributed by atoms with Crippen LogP contribution in [0.3, 0.4) is 0 Å². The maximum absolute atomic E-state index is 9.43. The summed E-state index contributed by atoms with van der Waals surface area (Å²) in [7, 11) is 1.32. The van der Waals surface area contributed by atoms with Gasteiger partial charge >= 0.3 is 0 Å². The van der Waals surface area contributed by atoms with Crippen LogP contribution in [0.25, 0.3) is 0 Å². The third-order valence-corrected chi connectivity index (χ3v) is 2.03. The molecule has 0 saturated carbocycles. The molecule has 0 unspecified atom stereocenters. The van der Waals surface area contributed by atoms with Gasteiger partial charge in [0.25, 0.3) is 5.95 Å². The molecule has 3 N–H and O–H groups in total. The van der Waals surface area contributed by atoms with Crippen molar-refractivity contribution >= 4 is 17.8 Å². The molecule has 0 radical (unpaired) electrons. The molecular weight excluding hydrogens is 236 g/mol. The molecule has 0 spiro atoms. The van der Waals surface area contributed by atoms with Crippen molar-refractivity contribution in [1.82, 2.24) is 15.0 Å². The molecule has 0 aliphatic carbocycles. The smallest absolute Gasteiger partial charge is 0.284 e. The fourth-order valence-corrected chi connectivity index (χ4v) is 1.16.